The molecule has 1 atom stereocenters. The second-order valence-corrected chi connectivity index (χ2v) is 6.03. The zero-order valence-electron chi connectivity index (χ0n) is 13.5. The van der Waals surface area contributed by atoms with Gasteiger partial charge in [-0.15, -0.1) is 0 Å². The maximum absolute atomic E-state index is 12.9. The fraction of sp³-hybridized carbons (Fsp3) is 0.211. The van der Waals surface area contributed by atoms with Gasteiger partial charge in [-0.25, -0.2) is 0 Å². The van der Waals surface area contributed by atoms with E-state index in [1.54, 1.807) is 41.6 Å². The number of nitrogens with zero attached hydrogens (tertiary/aromatic N) is 2. The van der Waals surface area contributed by atoms with Gasteiger partial charge in [0.1, 0.15) is 11.3 Å². The van der Waals surface area contributed by atoms with Crippen LogP contribution in [0.1, 0.15) is 34.8 Å². The number of amides is 1. The lowest BCUT2D eigenvalue weighted by Crippen LogP contribution is -2.34. The second kappa shape index (κ2) is 6.39. The smallest absolute Gasteiger partial charge is 0.261 e. The molecule has 0 spiro atoms. The molecule has 1 saturated heterocycles. The first-order valence-corrected chi connectivity index (χ1v) is 8.22. The van der Waals surface area contributed by atoms with Crippen molar-refractivity contribution in [3.8, 4) is 11.5 Å². The number of aromatic nitrogens is 2. The van der Waals surface area contributed by atoms with Crippen LogP contribution in [0, 0.1) is 0 Å². The van der Waals surface area contributed by atoms with Gasteiger partial charge in [0, 0.05) is 18.9 Å². The Balaban J connectivity index is 1.63. The summed E-state index contributed by atoms with van der Waals surface area (Å²) in [6.45, 7) is 0.644. The molecule has 1 amide bonds. The van der Waals surface area contributed by atoms with Crippen molar-refractivity contribution in [1.29, 1.82) is 0 Å². The van der Waals surface area contributed by atoms with Crippen LogP contribution in [0.3, 0.4) is 0 Å². The van der Waals surface area contributed by atoms with Crippen molar-refractivity contribution >= 4 is 5.91 Å². The van der Waals surface area contributed by atoms with E-state index in [9.17, 15) is 9.59 Å². The van der Waals surface area contributed by atoms with Crippen LogP contribution >= 0.6 is 0 Å². The minimum atomic E-state index is -0.403. The summed E-state index contributed by atoms with van der Waals surface area (Å²) in [6, 6.07) is 10.6. The molecule has 25 heavy (non-hydrogen) atoms. The molecule has 1 aliphatic heterocycles. The molecule has 6 nitrogen and oxygen atoms in total. The number of hydrogen-bond donors (Lipinski definition) is 1. The number of aromatic amines is 1. The highest BCUT2D eigenvalue weighted by molar-refractivity contribution is 5.94. The molecule has 4 rings (SSSR count). The van der Waals surface area contributed by atoms with E-state index in [2.05, 4.69) is 9.97 Å². The Hall–Kier alpha value is -3.15. The van der Waals surface area contributed by atoms with Gasteiger partial charge < -0.3 is 14.3 Å². The molecule has 6 heteroatoms. The lowest BCUT2D eigenvalue weighted by Gasteiger charge is -2.24. The SMILES string of the molecule is O=C(c1ccc(-c2ccco2)[nH]c1=O)N1CCC[C@H]1c1ccncc1. The highest BCUT2D eigenvalue weighted by atomic mass is 16.3. The first-order chi connectivity index (χ1) is 12.2. The van der Waals surface area contributed by atoms with Crippen LogP contribution in [-0.4, -0.2) is 27.3 Å². The average Bonchev–Trinajstić information content (AvgIpc) is 3.33. The third-order valence-electron chi connectivity index (χ3n) is 4.53. The Morgan fingerprint density at radius 3 is 2.76 bits per heavy atom. The van der Waals surface area contributed by atoms with Gasteiger partial charge in [-0.2, -0.15) is 0 Å². The lowest BCUT2D eigenvalue weighted by molar-refractivity contribution is 0.0734. The van der Waals surface area contributed by atoms with Crippen LogP contribution < -0.4 is 5.56 Å². The summed E-state index contributed by atoms with van der Waals surface area (Å²) in [7, 11) is 0. The van der Waals surface area contributed by atoms with Crippen molar-refractivity contribution in [1.82, 2.24) is 14.9 Å². The quantitative estimate of drug-likeness (QED) is 0.798. The summed E-state index contributed by atoms with van der Waals surface area (Å²) in [5.74, 6) is 0.318. The van der Waals surface area contributed by atoms with E-state index >= 15 is 0 Å². The minimum absolute atomic E-state index is 0.0142. The number of H-pyrrole nitrogens is 1. The molecule has 1 aliphatic rings. The van der Waals surface area contributed by atoms with E-state index in [1.807, 2.05) is 12.1 Å². The Morgan fingerprint density at radius 1 is 1.20 bits per heavy atom. The predicted molar refractivity (Wildman–Crippen MR) is 92.0 cm³/mol. The van der Waals surface area contributed by atoms with Crippen molar-refractivity contribution in [2.24, 2.45) is 0 Å². The standard InChI is InChI=1S/C19H17N3O3/c23-18-14(5-6-15(21-18)17-4-2-12-25-17)19(24)22-11-1-3-16(22)13-7-9-20-10-8-13/h2,4-10,12,16H,1,3,11H2,(H,21,23)/t16-/m0/s1. The minimum Gasteiger partial charge on any atom is -0.463 e. The molecule has 0 aliphatic carbocycles. The average molecular weight is 335 g/mol. The number of hydrogen-bond acceptors (Lipinski definition) is 4. The summed E-state index contributed by atoms with van der Waals surface area (Å²) in [4.78, 5) is 33.9. The highest BCUT2D eigenvalue weighted by Crippen LogP contribution is 2.32. The second-order valence-electron chi connectivity index (χ2n) is 6.03. The van der Waals surface area contributed by atoms with E-state index in [0.29, 0.717) is 18.0 Å². The molecule has 1 N–H and O–H groups in total. The summed E-state index contributed by atoms with van der Waals surface area (Å²) in [6.07, 6.45) is 6.79. The Bertz CT molecular complexity index is 932. The lowest BCUT2D eigenvalue weighted by atomic mass is 10.1. The van der Waals surface area contributed by atoms with E-state index < -0.39 is 5.56 Å². The van der Waals surface area contributed by atoms with Gasteiger partial charge in [0.05, 0.1) is 18.0 Å². The van der Waals surface area contributed by atoms with E-state index in [-0.39, 0.29) is 17.5 Å². The largest absolute Gasteiger partial charge is 0.463 e. The molecule has 3 aromatic heterocycles. The molecular weight excluding hydrogens is 318 g/mol. The fourth-order valence-corrected chi connectivity index (χ4v) is 3.31. The third-order valence-corrected chi connectivity index (χ3v) is 4.53. The first kappa shape index (κ1) is 15.4. The summed E-state index contributed by atoms with van der Waals surface area (Å²) in [5.41, 5.74) is 1.35. The number of rotatable bonds is 3. The number of carbonyl (C=O) groups excluding carboxylic acids is 1. The number of likely N-dealkylation sites (tertiary alicyclic amines) is 1. The number of pyridine rings is 2. The van der Waals surface area contributed by atoms with Crippen molar-refractivity contribution in [3.05, 3.63) is 76.5 Å². The van der Waals surface area contributed by atoms with E-state index in [1.165, 1.54) is 6.26 Å². The summed E-state index contributed by atoms with van der Waals surface area (Å²) < 4.78 is 5.28. The third kappa shape index (κ3) is 2.87. The molecule has 0 saturated carbocycles. The van der Waals surface area contributed by atoms with Crippen LogP contribution in [0.5, 0.6) is 0 Å². The van der Waals surface area contributed by atoms with Crippen molar-refractivity contribution in [2.75, 3.05) is 6.54 Å². The highest BCUT2D eigenvalue weighted by Gasteiger charge is 2.31. The first-order valence-electron chi connectivity index (χ1n) is 8.22. The van der Waals surface area contributed by atoms with Gasteiger partial charge >= 0.3 is 0 Å². The van der Waals surface area contributed by atoms with Crippen molar-refractivity contribution < 1.29 is 9.21 Å². The van der Waals surface area contributed by atoms with Crippen molar-refractivity contribution in [3.63, 3.8) is 0 Å². The van der Waals surface area contributed by atoms with E-state index in [0.717, 1.165) is 18.4 Å². The van der Waals surface area contributed by atoms with Gasteiger partial charge in [-0.05, 0) is 54.8 Å². The van der Waals surface area contributed by atoms with E-state index in [4.69, 9.17) is 4.42 Å². The van der Waals surface area contributed by atoms with Gasteiger partial charge in [-0.1, -0.05) is 0 Å². The van der Waals surface area contributed by atoms with Gasteiger partial charge in [0.25, 0.3) is 11.5 Å². The Kier molecular flexibility index (Phi) is 3.93. The summed E-state index contributed by atoms with van der Waals surface area (Å²) in [5, 5.41) is 0. The number of carbonyl (C=O) groups is 1. The molecule has 1 fully saturated rings. The normalized spacial score (nSPS) is 17.0. The van der Waals surface area contributed by atoms with Crippen LogP contribution in [-0.2, 0) is 0 Å². The van der Waals surface area contributed by atoms with Gasteiger partial charge in [-0.3, -0.25) is 14.6 Å². The molecule has 0 bridgehead atoms. The molecule has 4 heterocycles. The Labute approximate surface area is 144 Å². The molecule has 3 aromatic rings. The van der Waals surface area contributed by atoms with Crippen LogP contribution in [0.4, 0.5) is 0 Å². The van der Waals surface area contributed by atoms with Gasteiger partial charge in [0.2, 0.25) is 0 Å². The van der Waals surface area contributed by atoms with Gasteiger partial charge in [0.15, 0.2) is 0 Å². The Morgan fingerprint density at radius 2 is 2.04 bits per heavy atom. The van der Waals surface area contributed by atoms with Crippen LogP contribution in [0.15, 0.2) is 64.3 Å². The monoisotopic (exact) mass is 335 g/mol. The summed E-state index contributed by atoms with van der Waals surface area (Å²) >= 11 is 0. The fourth-order valence-electron chi connectivity index (χ4n) is 3.31. The molecule has 126 valence electrons. The number of nitrogens with one attached hydrogen (secondary N) is 1. The molecule has 0 aromatic carbocycles. The zero-order valence-corrected chi connectivity index (χ0v) is 13.5. The molecule has 0 unspecified atom stereocenters. The molecule has 0 radical (unpaired) electrons. The maximum Gasteiger partial charge on any atom is 0.261 e. The molecular formula is C19H17N3O3. The zero-order chi connectivity index (χ0) is 17.2. The van der Waals surface area contributed by atoms with Crippen LogP contribution in [0.25, 0.3) is 11.5 Å². The predicted octanol–water partition coefficient (Wildman–Crippen LogP) is 3.01. The maximum atomic E-state index is 12.9. The number of furan rings is 1. The topological polar surface area (TPSA) is 79.2 Å². The van der Waals surface area contributed by atoms with Crippen molar-refractivity contribution in [2.45, 2.75) is 18.9 Å². The van der Waals surface area contributed by atoms with Crippen LogP contribution in [0.2, 0.25) is 0 Å².